The van der Waals surface area contributed by atoms with E-state index in [4.69, 9.17) is 4.74 Å². The van der Waals surface area contributed by atoms with Crippen molar-refractivity contribution < 1.29 is 22.7 Å². The van der Waals surface area contributed by atoms with Crippen molar-refractivity contribution >= 4 is 34.7 Å². The number of aromatic nitrogens is 3. The molecule has 11 heteroatoms. The highest BCUT2D eigenvalue weighted by molar-refractivity contribution is 7.99. The Morgan fingerprint density at radius 1 is 1.06 bits per heavy atom. The van der Waals surface area contributed by atoms with Crippen LogP contribution in [0.1, 0.15) is 11.3 Å². The van der Waals surface area contributed by atoms with Gasteiger partial charge >= 0.3 is 6.18 Å². The van der Waals surface area contributed by atoms with Crippen LogP contribution in [0.3, 0.4) is 0 Å². The fraction of sp³-hybridized carbons (Fsp3) is 0.167. The van der Waals surface area contributed by atoms with Crippen LogP contribution in [-0.2, 0) is 11.0 Å². The van der Waals surface area contributed by atoms with Gasteiger partial charge < -0.3 is 10.1 Å². The Bertz CT molecular complexity index is 1320. The van der Waals surface area contributed by atoms with E-state index in [1.807, 2.05) is 37.3 Å². The van der Waals surface area contributed by atoms with Gasteiger partial charge in [0.15, 0.2) is 0 Å². The fourth-order valence-electron chi connectivity index (χ4n) is 3.17. The van der Waals surface area contributed by atoms with Gasteiger partial charge in [0.25, 0.3) is 0 Å². The number of anilines is 1. The van der Waals surface area contributed by atoms with Gasteiger partial charge in [0.1, 0.15) is 21.5 Å². The standard InChI is InChI=1S/C24H19F3N4O2S2/c1-14-22(35-23(28-14)17-5-3-4-6-19(17)33-2)18-11-12-21(31-30-18)34-13-20(32)29-16-9-7-15(8-10-16)24(25,26)27/h3-12H,13H2,1-2H3,(H,29,32). The van der Waals surface area contributed by atoms with Gasteiger partial charge in [0.05, 0.1) is 34.6 Å². The minimum Gasteiger partial charge on any atom is -0.496 e. The number of thioether (sulfide) groups is 1. The summed E-state index contributed by atoms with van der Waals surface area (Å²) >= 11 is 2.66. The van der Waals surface area contributed by atoms with Crippen molar-refractivity contribution in [2.45, 2.75) is 18.1 Å². The van der Waals surface area contributed by atoms with E-state index in [9.17, 15) is 18.0 Å². The molecule has 0 radical (unpaired) electrons. The normalized spacial score (nSPS) is 11.3. The summed E-state index contributed by atoms with van der Waals surface area (Å²) in [5, 5.41) is 12.4. The molecule has 0 bridgehead atoms. The number of nitrogens with zero attached hydrogens (tertiary/aromatic N) is 3. The van der Waals surface area contributed by atoms with Crippen molar-refractivity contribution in [2.24, 2.45) is 0 Å². The number of para-hydroxylation sites is 1. The smallest absolute Gasteiger partial charge is 0.416 e. The number of rotatable bonds is 7. The van der Waals surface area contributed by atoms with Crippen LogP contribution in [0, 0.1) is 6.92 Å². The van der Waals surface area contributed by atoms with Crippen LogP contribution in [0.5, 0.6) is 5.75 Å². The highest BCUT2D eigenvalue weighted by Gasteiger charge is 2.30. The van der Waals surface area contributed by atoms with Crippen LogP contribution in [0.4, 0.5) is 18.9 Å². The van der Waals surface area contributed by atoms with Crippen LogP contribution in [0.25, 0.3) is 21.1 Å². The number of hydrogen-bond donors (Lipinski definition) is 1. The van der Waals surface area contributed by atoms with E-state index >= 15 is 0 Å². The lowest BCUT2D eigenvalue weighted by atomic mass is 10.2. The third kappa shape index (κ3) is 5.98. The number of alkyl halides is 3. The molecule has 2 heterocycles. The molecule has 0 fully saturated rings. The van der Waals surface area contributed by atoms with Crippen LogP contribution in [-0.4, -0.2) is 34.0 Å². The zero-order valence-electron chi connectivity index (χ0n) is 18.6. The van der Waals surface area contributed by atoms with Gasteiger partial charge in [-0.05, 0) is 55.5 Å². The Labute approximate surface area is 207 Å². The van der Waals surface area contributed by atoms with Gasteiger partial charge in [0, 0.05) is 5.69 Å². The van der Waals surface area contributed by atoms with Crippen LogP contribution in [0.15, 0.2) is 65.7 Å². The maximum Gasteiger partial charge on any atom is 0.416 e. The highest BCUT2D eigenvalue weighted by Crippen LogP contribution is 2.38. The minimum absolute atomic E-state index is 0.0343. The second-order valence-corrected chi connectivity index (χ2v) is 9.30. The van der Waals surface area contributed by atoms with Gasteiger partial charge in [-0.25, -0.2) is 4.98 Å². The molecule has 0 saturated heterocycles. The van der Waals surface area contributed by atoms with Gasteiger partial charge in [-0.2, -0.15) is 13.2 Å². The predicted molar refractivity (Wildman–Crippen MR) is 131 cm³/mol. The summed E-state index contributed by atoms with van der Waals surface area (Å²) in [5.74, 6) is 0.410. The fourth-order valence-corrected chi connectivity index (χ4v) is 4.84. The van der Waals surface area contributed by atoms with Crippen molar-refractivity contribution in [3.8, 4) is 26.9 Å². The SMILES string of the molecule is COc1ccccc1-c1nc(C)c(-c2ccc(SCC(=O)Nc3ccc(C(F)(F)F)cc3)nn2)s1. The first-order chi connectivity index (χ1) is 16.7. The average Bonchev–Trinajstić information content (AvgIpc) is 3.24. The number of methoxy groups -OCH3 is 1. The topological polar surface area (TPSA) is 77.0 Å². The van der Waals surface area contributed by atoms with Gasteiger partial charge in [-0.15, -0.1) is 21.5 Å². The summed E-state index contributed by atoms with van der Waals surface area (Å²) in [6.45, 7) is 1.90. The number of amides is 1. The number of thiazole rings is 1. The summed E-state index contributed by atoms with van der Waals surface area (Å²) in [4.78, 5) is 17.7. The Hall–Kier alpha value is -3.44. The maximum atomic E-state index is 12.6. The Morgan fingerprint density at radius 3 is 2.46 bits per heavy atom. The molecule has 1 amide bonds. The summed E-state index contributed by atoms with van der Waals surface area (Å²) in [6.07, 6.45) is -4.42. The highest BCUT2D eigenvalue weighted by atomic mass is 32.2. The third-order valence-electron chi connectivity index (χ3n) is 4.85. The number of hydrogen-bond acceptors (Lipinski definition) is 7. The van der Waals surface area contributed by atoms with Crippen molar-refractivity contribution in [1.29, 1.82) is 0 Å². The van der Waals surface area contributed by atoms with E-state index in [2.05, 4.69) is 20.5 Å². The molecule has 0 aliphatic rings. The van der Waals surface area contributed by atoms with E-state index in [0.29, 0.717) is 10.7 Å². The molecule has 4 aromatic rings. The summed E-state index contributed by atoms with van der Waals surface area (Å²) in [6, 6.07) is 15.5. The molecule has 1 N–H and O–H groups in total. The van der Waals surface area contributed by atoms with Crippen LogP contribution >= 0.6 is 23.1 Å². The number of benzene rings is 2. The summed E-state index contributed by atoms with van der Waals surface area (Å²) in [7, 11) is 1.62. The molecule has 0 spiro atoms. The molecule has 6 nitrogen and oxygen atoms in total. The molecular weight excluding hydrogens is 497 g/mol. The van der Waals surface area contributed by atoms with Crippen molar-refractivity contribution in [3.05, 3.63) is 71.9 Å². The molecule has 0 aliphatic carbocycles. The van der Waals surface area contributed by atoms with E-state index < -0.39 is 11.7 Å². The lowest BCUT2D eigenvalue weighted by Gasteiger charge is -2.08. The maximum absolute atomic E-state index is 12.6. The first-order valence-electron chi connectivity index (χ1n) is 10.3. The zero-order chi connectivity index (χ0) is 25.0. The number of carbonyl (C=O) groups excluding carboxylic acids is 1. The second-order valence-electron chi connectivity index (χ2n) is 7.30. The van der Waals surface area contributed by atoms with E-state index in [-0.39, 0.29) is 17.3 Å². The number of carbonyl (C=O) groups is 1. The minimum atomic E-state index is -4.42. The van der Waals surface area contributed by atoms with E-state index in [1.54, 1.807) is 13.2 Å². The van der Waals surface area contributed by atoms with Crippen LogP contribution < -0.4 is 10.1 Å². The Morgan fingerprint density at radius 2 is 1.80 bits per heavy atom. The Balaban J connectivity index is 1.38. The number of nitrogens with one attached hydrogen (secondary N) is 1. The quantitative estimate of drug-likeness (QED) is 0.289. The van der Waals surface area contributed by atoms with Gasteiger partial charge in [-0.3, -0.25) is 4.79 Å². The van der Waals surface area contributed by atoms with E-state index in [0.717, 1.165) is 39.0 Å². The molecule has 0 atom stereocenters. The molecule has 4 rings (SSSR count). The van der Waals surface area contributed by atoms with E-state index in [1.165, 1.54) is 35.2 Å². The second kappa shape index (κ2) is 10.4. The van der Waals surface area contributed by atoms with Crippen molar-refractivity contribution in [2.75, 3.05) is 18.2 Å². The monoisotopic (exact) mass is 516 g/mol. The molecular formula is C24H19F3N4O2S2. The molecule has 0 saturated carbocycles. The van der Waals surface area contributed by atoms with Crippen molar-refractivity contribution in [1.82, 2.24) is 15.2 Å². The lowest BCUT2D eigenvalue weighted by molar-refractivity contribution is -0.137. The first kappa shape index (κ1) is 24.7. The zero-order valence-corrected chi connectivity index (χ0v) is 20.2. The Kier molecular flexibility index (Phi) is 7.37. The molecule has 2 aromatic carbocycles. The van der Waals surface area contributed by atoms with Crippen molar-refractivity contribution in [3.63, 3.8) is 0 Å². The predicted octanol–water partition coefficient (Wildman–Crippen LogP) is 6.33. The molecule has 2 aromatic heterocycles. The average molecular weight is 517 g/mol. The van der Waals surface area contributed by atoms with Gasteiger partial charge in [0.2, 0.25) is 5.91 Å². The number of ether oxygens (including phenoxy) is 1. The summed E-state index contributed by atoms with van der Waals surface area (Å²) in [5.41, 5.74) is 1.90. The lowest BCUT2D eigenvalue weighted by Crippen LogP contribution is -2.14. The summed E-state index contributed by atoms with van der Waals surface area (Å²) < 4.78 is 43.4. The molecule has 0 unspecified atom stereocenters. The van der Waals surface area contributed by atoms with Crippen LogP contribution in [0.2, 0.25) is 0 Å². The molecule has 35 heavy (non-hydrogen) atoms. The largest absolute Gasteiger partial charge is 0.496 e. The first-order valence-corrected chi connectivity index (χ1v) is 12.1. The number of aryl methyl sites for hydroxylation is 1. The molecule has 180 valence electrons. The molecule has 0 aliphatic heterocycles. The third-order valence-corrected chi connectivity index (χ3v) is 6.99. The number of halogens is 3. The van der Waals surface area contributed by atoms with Gasteiger partial charge in [-0.1, -0.05) is 23.9 Å².